The molecule has 1 amide bonds. The zero-order chi connectivity index (χ0) is 19.0. The van der Waals surface area contributed by atoms with E-state index in [2.05, 4.69) is 58.3 Å². The summed E-state index contributed by atoms with van der Waals surface area (Å²) in [6.45, 7) is 1.62. The number of carbonyl (C=O) groups is 1. The van der Waals surface area contributed by atoms with E-state index < -0.39 is 5.91 Å². The number of rotatable bonds is 3. The van der Waals surface area contributed by atoms with Crippen LogP contribution < -0.4 is 5.43 Å². The molecule has 0 aliphatic rings. The van der Waals surface area contributed by atoms with Gasteiger partial charge in [0, 0.05) is 21.5 Å². The molecule has 0 radical (unpaired) electrons. The molecule has 0 spiro atoms. The maximum atomic E-state index is 12.3. The van der Waals surface area contributed by atoms with Crippen LogP contribution in [-0.2, 0) is 0 Å². The highest BCUT2D eigenvalue weighted by Gasteiger charge is 2.15. The van der Waals surface area contributed by atoms with Crippen LogP contribution in [0, 0.1) is 0 Å². The predicted molar refractivity (Wildman–Crippen MR) is 109 cm³/mol. The molecule has 0 unspecified atom stereocenters. The van der Waals surface area contributed by atoms with Crippen LogP contribution in [0.15, 0.2) is 53.3 Å². The van der Waals surface area contributed by atoms with E-state index in [0.29, 0.717) is 21.3 Å². The monoisotopic (exact) mass is 544 g/mol. The summed E-state index contributed by atoms with van der Waals surface area (Å²) in [6.07, 6.45) is 0. The van der Waals surface area contributed by atoms with Crippen LogP contribution in [0.1, 0.15) is 23.0 Å². The zero-order valence-electron chi connectivity index (χ0n) is 13.2. The Morgan fingerprint density at radius 3 is 2.50 bits per heavy atom. The predicted octanol–water partition coefficient (Wildman–Crippen LogP) is 5.29. The molecule has 0 atom stereocenters. The molecule has 9 heteroatoms. The summed E-state index contributed by atoms with van der Waals surface area (Å²) in [4.78, 5) is 12.3. The van der Waals surface area contributed by atoms with Gasteiger partial charge < -0.3 is 14.6 Å². The summed E-state index contributed by atoms with van der Waals surface area (Å²) in [5.41, 5.74) is 3.67. The Bertz CT molecular complexity index is 1060. The summed E-state index contributed by atoms with van der Waals surface area (Å²) >= 11 is 9.94. The number of fused-ring (bicyclic) bond motifs is 1. The molecule has 1 heterocycles. The average Bonchev–Trinajstić information content (AvgIpc) is 3.00. The van der Waals surface area contributed by atoms with Crippen LogP contribution in [0.5, 0.6) is 11.5 Å². The molecule has 1 aromatic heterocycles. The lowest BCUT2D eigenvalue weighted by Crippen LogP contribution is -2.18. The van der Waals surface area contributed by atoms with Gasteiger partial charge in [0.15, 0.2) is 5.76 Å². The van der Waals surface area contributed by atoms with Gasteiger partial charge in [-0.3, -0.25) is 4.79 Å². The number of hydrazone groups is 1. The standard InChI is InChI=1S/C17H11Br3N2O4/c1-7(10-5-11(19)14(24)6-13(10)23)21-22-17(25)15-3-8-2-9(18)4-12(20)16(8)26-15/h2-6,23-24H,1H3,(H,22,25). The summed E-state index contributed by atoms with van der Waals surface area (Å²) in [6, 6.07) is 7.96. The van der Waals surface area contributed by atoms with Crippen molar-refractivity contribution in [2.75, 3.05) is 0 Å². The van der Waals surface area contributed by atoms with Crippen molar-refractivity contribution >= 4 is 70.4 Å². The van der Waals surface area contributed by atoms with Crippen LogP contribution in [0.3, 0.4) is 0 Å². The number of hydrogen-bond acceptors (Lipinski definition) is 5. The molecule has 0 saturated carbocycles. The Hall–Kier alpha value is -1.84. The molecule has 3 N–H and O–H groups in total. The molecule has 0 bridgehead atoms. The fourth-order valence-electron chi connectivity index (χ4n) is 2.28. The molecule has 134 valence electrons. The van der Waals surface area contributed by atoms with Gasteiger partial charge in [-0.05, 0) is 63.0 Å². The Kier molecular flexibility index (Phi) is 5.40. The molecule has 0 aliphatic heterocycles. The fraction of sp³-hybridized carbons (Fsp3) is 0.0588. The molecule has 0 fully saturated rings. The number of aromatic hydroxyl groups is 2. The number of phenolic OH excluding ortho intramolecular Hbond substituents is 2. The normalized spacial score (nSPS) is 11.8. The zero-order valence-corrected chi connectivity index (χ0v) is 17.9. The van der Waals surface area contributed by atoms with E-state index in [1.54, 1.807) is 13.0 Å². The molecule has 3 aromatic rings. The Morgan fingerprint density at radius 2 is 1.77 bits per heavy atom. The van der Waals surface area contributed by atoms with Gasteiger partial charge >= 0.3 is 5.91 Å². The van der Waals surface area contributed by atoms with Gasteiger partial charge in [-0.2, -0.15) is 5.10 Å². The van der Waals surface area contributed by atoms with E-state index in [1.807, 2.05) is 12.1 Å². The number of phenols is 2. The Balaban J connectivity index is 1.85. The molecule has 2 aromatic carbocycles. The lowest BCUT2D eigenvalue weighted by molar-refractivity contribution is 0.0929. The van der Waals surface area contributed by atoms with Gasteiger partial charge in [0.1, 0.15) is 17.1 Å². The smallest absolute Gasteiger partial charge is 0.307 e. The van der Waals surface area contributed by atoms with Crippen molar-refractivity contribution in [3.05, 3.63) is 55.1 Å². The van der Waals surface area contributed by atoms with Gasteiger partial charge in [-0.25, -0.2) is 5.43 Å². The minimum Gasteiger partial charge on any atom is -0.507 e. The number of amides is 1. The van der Waals surface area contributed by atoms with Crippen molar-refractivity contribution in [1.82, 2.24) is 5.43 Å². The van der Waals surface area contributed by atoms with Crippen molar-refractivity contribution in [2.45, 2.75) is 6.92 Å². The average molecular weight is 547 g/mol. The second kappa shape index (κ2) is 7.42. The lowest BCUT2D eigenvalue weighted by Gasteiger charge is -2.06. The first-order valence-corrected chi connectivity index (χ1v) is 9.59. The molecule has 0 saturated heterocycles. The SMILES string of the molecule is CC(=NNC(=O)c1cc2cc(Br)cc(Br)c2o1)c1cc(Br)c(O)cc1O. The highest BCUT2D eigenvalue weighted by atomic mass is 79.9. The Morgan fingerprint density at radius 1 is 1.04 bits per heavy atom. The lowest BCUT2D eigenvalue weighted by atomic mass is 10.1. The van der Waals surface area contributed by atoms with Gasteiger partial charge in [0.2, 0.25) is 0 Å². The van der Waals surface area contributed by atoms with Crippen LogP contribution in [-0.4, -0.2) is 21.8 Å². The van der Waals surface area contributed by atoms with Crippen LogP contribution in [0.2, 0.25) is 0 Å². The van der Waals surface area contributed by atoms with Crippen LogP contribution in [0.4, 0.5) is 0 Å². The van der Waals surface area contributed by atoms with Gasteiger partial charge in [-0.1, -0.05) is 15.9 Å². The third-order valence-corrected chi connectivity index (χ3v) is 5.22. The van der Waals surface area contributed by atoms with Gasteiger partial charge in [-0.15, -0.1) is 0 Å². The van der Waals surface area contributed by atoms with E-state index in [-0.39, 0.29) is 17.3 Å². The second-order valence-corrected chi connectivity index (χ2v) is 8.00. The highest BCUT2D eigenvalue weighted by molar-refractivity contribution is 9.11. The number of nitrogens with one attached hydrogen (secondary N) is 1. The number of hydrogen-bond donors (Lipinski definition) is 3. The van der Waals surface area contributed by atoms with Crippen molar-refractivity contribution in [3.8, 4) is 11.5 Å². The fourth-order valence-corrected chi connectivity index (χ4v) is 3.96. The first kappa shape index (κ1) is 18.9. The summed E-state index contributed by atoms with van der Waals surface area (Å²) in [7, 11) is 0. The quantitative estimate of drug-likeness (QED) is 0.307. The number of furan rings is 1. The number of nitrogens with zero attached hydrogens (tertiary/aromatic N) is 1. The van der Waals surface area contributed by atoms with Crippen molar-refractivity contribution < 1.29 is 19.4 Å². The minimum absolute atomic E-state index is 0.0953. The van der Waals surface area contributed by atoms with E-state index in [4.69, 9.17) is 4.42 Å². The third kappa shape index (κ3) is 3.79. The van der Waals surface area contributed by atoms with E-state index >= 15 is 0 Å². The van der Waals surface area contributed by atoms with E-state index in [0.717, 1.165) is 14.3 Å². The Labute approximate surface area is 173 Å². The molecule has 6 nitrogen and oxygen atoms in total. The minimum atomic E-state index is -0.527. The molecule has 0 aliphatic carbocycles. The maximum absolute atomic E-state index is 12.3. The summed E-state index contributed by atoms with van der Waals surface area (Å²) < 4.78 is 7.55. The molecular weight excluding hydrogens is 536 g/mol. The van der Waals surface area contributed by atoms with Gasteiger partial charge in [0.25, 0.3) is 0 Å². The maximum Gasteiger partial charge on any atom is 0.307 e. The van der Waals surface area contributed by atoms with E-state index in [9.17, 15) is 15.0 Å². The summed E-state index contributed by atoms with van der Waals surface area (Å²) in [5, 5.41) is 24.2. The summed E-state index contributed by atoms with van der Waals surface area (Å²) in [5.74, 6) is -0.673. The largest absolute Gasteiger partial charge is 0.507 e. The molecule has 26 heavy (non-hydrogen) atoms. The van der Waals surface area contributed by atoms with Crippen molar-refractivity contribution in [2.24, 2.45) is 5.10 Å². The van der Waals surface area contributed by atoms with Crippen LogP contribution >= 0.6 is 47.8 Å². The third-order valence-electron chi connectivity index (χ3n) is 3.54. The first-order chi connectivity index (χ1) is 12.3. The van der Waals surface area contributed by atoms with Crippen LogP contribution in [0.25, 0.3) is 11.0 Å². The van der Waals surface area contributed by atoms with Crippen molar-refractivity contribution in [3.63, 3.8) is 0 Å². The number of halogens is 3. The first-order valence-electron chi connectivity index (χ1n) is 7.21. The highest BCUT2D eigenvalue weighted by Crippen LogP contribution is 2.32. The topological polar surface area (TPSA) is 95.1 Å². The van der Waals surface area contributed by atoms with Gasteiger partial charge in [0.05, 0.1) is 14.7 Å². The van der Waals surface area contributed by atoms with E-state index in [1.165, 1.54) is 12.1 Å². The molecular formula is C17H11Br3N2O4. The molecule has 3 rings (SSSR count). The number of benzene rings is 2. The number of carbonyl (C=O) groups excluding carboxylic acids is 1. The second-order valence-electron chi connectivity index (χ2n) is 5.38. The van der Waals surface area contributed by atoms with Crippen molar-refractivity contribution in [1.29, 1.82) is 0 Å².